The number of rotatable bonds is 7. The maximum atomic E-state index is 5.60. The molecule has 1 saturated heterocycles. The molecule has 1 aliphatic rings. The second kappa shape index (κ2) is 6.71. The maximum Gasteiger partial charge on any atom is 0.245 e. The summed E-state index contributed by atoms with van der Waals surface area (Å²) in [5, 5.41) is 11.5. The van der Waals surface area contributed by atoms with Crippen molar-refractivity contribution >= 4 is 0 Å². The molecule has 1 aromatic heterocycles. The molecule has 0 amide bonds. The fourth-order valence-corrected chi connectivity index (χ4v) is 1.94. The zero-order valence-corrected chi connectivity index (χ0v) is 10.4. The van der Waals surface area contributed by atoms with Gasteiger partial charge in [-0.2, -0.15) is 0 Å². The molecule has 1 aliphatic heterocycles. The van der Waals surface area contributed by atoms with Crippen LogP contribution in [-0.4, -0.2) is 29.9 Å². The van der Waals surface area contributed by atoms with E-state index in [-0.39, 0.29) is 6.10 Å². The first-order valence-electron chi connectivity index (χ1n) is 6.54. The standard InChI is InChI=1S/C12H21N3O2/c1-2-7-13-8-3-6-11-14-15-12(17-11)10-5-4-9-16-10/h10,13H,2-9H2,1H3. The molecule has 1 fully saturated rings. The average molecular weight is 239 g/mol. The van der Waals surface area contributed by atoms with Gasteiger partial charge in [-0.05, 0) is 38.8 Å². The predicted octanol–water partition coefficient (Wildman–Crippen LogP) is 1.85. The molecule has 5 heteroatoms. The fourth-order valence-electron chi connectivity index (χ4n) is 1.94. The van der Waals surface area contributed by atoms with Crippen molar-refractivity contribution in [2.45, 2.75) is 45.1 Å². The lowest BCUT2D eigenvalue weighted by molar-refractivity contribution is 0.0880. The minimum Gasteiger partial charge on any atom is -0.422 e. The Morgan fingerprint density at radius 1 is 1.35 bits per heavy atom. The third kappa shape index (κ3) is 3.78. The number of aromatic nitrogens is 2. The zero-order chi connectivity index (χ0) is 11.9. The molecule has 5 nitrogen and oxygen atoms in total. The van der Waals surface area contributed by atoms with Gasteiger partial charge in [0.1, 0.15) is 6.10 Å². The van der Waals surface area contributed by atoms with Crippen LogP contribution in [0.5, 0.6) is 0 Å². The third-order valence-electron chi connectivity index (χ3n) is 2.86. The van der Waals surface area contributed by atoms with Crippen LogP contribution < -0.4 is 5.32 Å². The van der Waals surface area contributed by atoms with Crippen LogP contribution in [0.3, 0.4) is 0 Å². The van der Waals surface area contributed by atoms with Gasteiger partial charge >= 0.3 is 0 Å². The number of hydrogen-bond acceptors (Lipinski definition) is 5. The molecule has 96 valence electrons. The summed E-state index contributed by atoms with van der Waals surface area (Å²) in [6.07, 6.45) is 5.17. The van der Waals surface area contributed by atoms with Crippen molar-refractivity contribution in [1.29, 1.82) is 0 Å². The van der Waals surface area contributed by atoms with Crippen molar-refractivity contribution in [3.63, 3.8) is 0 Å². The minimum absolute atomic E-state index is 0.0365. The molecule has 2 heterocycles. The molecule has 2 rings (SSSR count). The summed E-state index contributed by atoms with van der Waals surface area (Å²) in [6.45, 7) is 5.05. The number of hydrogen-bond donors (Lipinski definition) is 1. The van der Waals surface area contributed by atoms with Crippen molar-refractivity contribution in [2.24, 2.45) is 0 Å². The smallest absolute Gasteiger partial charge is 0.245 e. The third-order valence-corrected chi connectivity index (χ3v) is 2.86. The Morgan fingerprint density at radius 3 is 3.06 bits per heavy atom. The van der Waals surface area contributed by atoms with E-state index in [9.17, 15) is 0 Å². The SMILES string of the molecule is CCCNCCCc1nnc(C2CCCO2)o1. The topological polar surface area (TPSA) is 60.2 Å². The Labute approximate surface area is 102 Å². The lowest BCUT2D eigenvalue weighted by Crippen LogP contribution is -2.16. The monoisotopic (exact) mass is 239 g/mol. The number of ether oxygens (including phenoxy) is 1. The summed E-state index contributed by atoms with van der Waals surface area (Å²) in [7, 11) is 0. The van der Waals surface area contributed by atoms with Crippen LogP contribution in [0, 0.1) is 0 Å². The van der Waals surface area contributed by atoms with Crippen LogP contribution in [0.2, 0.25) is 0 Å². The molecule has 1 unspecified atom stereocenters. The average Bonchev–Trinajstić information content (AvgIpc) is 2.99. The van der Waals surface area contributed by atoms with Gasteiger partial charge in [-0.15, -0.1) is 10.2 Å². The van der Waals surface area contributed by atoms with Gasteiger partial charge in [0.15, 0.2) is 0 Å². The van der Waals surface area contributed by atoms with E-state index >= 15 is 0 Å². The molecule has 0 spiro atoms. The molecule has 0 aromatic carbocycles. The van der Waals surface area contributed by atoms with Gasteiger partial charge in [-0.25, -0.2) is 0 Å². The summed E-state index contributed by atoms with van der Waals surface area (Å²) < 4.78 is 11.1. The molecule has 0 saturated carbocycles. The van der Waals surface area contributed by atoms with E-state index in [1.165, 1.54) is 6.42 Å². The van der Waals surface area contributed by atoms with Gasteiger partial charge in [0, 0.05) is 13.0 Å². The molecular weight excluding hydrogens is 218 g/mol. The predicted molar refractivity (Wildman–Crippen MR) is 63.7 cm³/mol. The van der Waals surface area contributed by atoms with Crippen molar-refractivity contribution in [3.8, 4) is 0 Å². The molecule has 1 aromatic rings. The van der Waals surface area contributed by atoms with E-state index < -0.39 is 0 Å². The lowest BCUT2D eigenvalue weighted by atomic mass is 10.2. The Balaban J connectivity index is 1.70. The van der Waals surface area contributed by atoms with Crippen LogP contribution in [0.15, 0.2) is 4.42 Å². The van der Waals surface area contributed by atoms with Crippen molar-refractivity contribution in [3.05, 3.63) is 11.8 Å². The normalized spacial score (nSPS) is 19.9. The number of nitrogens with one attached hydrogen (secondary N) is 1. The Morgan fingerprint density at radius 2 is 2.29 bits per heavy atom. The van der Waals surface area contributed by atoms with Crippen LogP contribution in [0.4, 0.5) is 0 Å². The molecule has 17 heavy (non-hydrogen) atoms. The summed E-state index contributed by atoms with van der Waals surface area (Å²) in [6, 6.07) is 0. The highest BCUT2D eigenvalue weighted by molar-refractivity contribution is 4.89. The van der Waals surface area contributed by atoms with Gasteiger partial charge in [-0.3, -0.25) is 0 Å². The van der Waals surface area contributed by atoms with E-state index in [1.54, 1.807) is 0 Å². The van der Waals surface area contributed by atoms with Gasteiger partial charge in [0.25, 0.3) is 0 Å². The van der Waals surface area contributed by atoms with E-state index in [4.69, 9.17) is 9.15 Å². The zero-order valence-electron chi connectivity index (χ0n) is 10.4. The first kappa shape index (κ1) is 12.5. The van der Waals surface area contributed by atoms with Crippen LogP contribution >= 0.6 is 0 Å². The molecule has 0 radical (unpaired) electrons. The van der Waals surface area contributed by atoms with E-state index in [1.807, 2.05) is 0 Å². The number of aryl methyl sites for hydroxylation is 1. The molecule has 0 aliphatic carbocycles. The van der Waals surface area contributed by atoms with Gasteiger partial charge in [-0.1, -0.05) is 6.92 Å². The minimum atomic E-state index is 0.0365. The summed E-state index contributed by atoms with van der Waals surface area (Å²) in [5.41, 5.74) is 0. The Bertz CT molecular complexity index is 321. The van der Waals surface area contributed by atoms with Gasteiger partial charge in [0.2, 0.25) is 11.8 Å². The fraction of sp³-hybridized carbons (Fsp3) is 0.833. The highest BCUT2D eigenvalue weighted by atomic mass is 16.5. The Kier molecular flexibility index (Phi) is 4.94. The van der Waals surface area contributed by atoms with Crippen molar-refractivity contribution < 1.29 is 9.15 Å². The molecule has 0 bridgehead atoms. The molecule has 1 N–H and O–H groups in total. The molecule has 1 atom stereocenters. The summed E-state index contributed by atoms with van der Waals surface area (Å²) in [5.74, 6) is 1.38. The van der Waals surface area contributed by atoms with Crippen LogP contribution in [-0.2, 0) is 11.2 Å². The highest BCUT2D eigenvalue weighted by Gasteiger charge is 2.23. The quantitative estimate of drug-likeness (QED) is 0.736. The maximum absolute atomic E-state index is 5.60. The first-order valence-corrected chi connectivity index (χ1v) is 6.54. The van der Waals surface area contributed by atoms with Crippen molar-refractivity contribution in [2.75, 3.05) is 19.7 Å². The summed E-state index contributed by atoms with van der Waals surface area (Å²) in [4.78, 5) is 0. The van der Waals surface area contributed by atoms with Gasteiger partial charge in [0.05, 0.1) is 0 Å². The Hall–Kier alpha value is -0.940. The van der Waals surface area contributed by atoms with E-state index in [0.29, 0.717) is 5.89 Å². The lowest BCUT2D eigenvalue weighted by Gasteiger charge is -2.02. The number of nitrogens with zero attached hydrogens (tertiary/aromatic N) is 2. The second-order valence-corrected chi connectivity index (χ2v) is 4.39. The van der Waals surface area contributed by atoms with Crippen LogP contribution in [0.25, 0.3) is 0 Å². The molecular formula is C12H21N3O2. The summed E-state index contributed by atoms with van der Waals surface area (Å²) >= 11 is 0. The highest BCUT2D eigenvalue weighted by Crippen LogP contribution is 2.27. The van der Waals surface area contributed by atoms with E-state index in [0.717, 1.165) is 51.3 Å². The van der Waals surface area contributed by atoms with Crippen molar-refractivity contribution in [1.82, 2.24) is 15.5 Å². The van der Waals surface area contributed by atoms with E-state index in [2.05, 4.69) is 22.4 Å². The first-order chi connectivity index (χ1) is 8.40. The largest absolute Gasteiger partial charge is 0.422 e. The van der Waals surface area contributed by atoms with Crippen LogP contribution in [0.1, 0.15) is 50.5 Å². The second-order valence-electron chi connectivity index (χ2n) is 4.39. The van der Waals surface area contributed by atoms with Gasteiger partial charge < -0.3 is 14.5 Å².